The second kappa shape index (κ2) is 4.02. The second-order valence-corrected chi connectivity index (χ2v) is 3.68. The van der Waals surface area contributed by atoms with Crippen molar-refractivity contribution in [2.45, 2.75) is 13.0 Å². The van der Waals surface area contributed by atoms with Gasteiger partial charge in [0.1, 0.15) is 5.82 Å². The minimum Gasteiger partial charge on any atom is -0.396 e. The van der Waals surface area contributed by atoms with Crippen LogP contribution >= 0.6 is 0 Å². The Labute approximate surface area is 87.8 Å². The number of anilines is 2. The summed E-state index contributed by atoms with van der Waals surface area (Å²) in [5.41, 5.74) is 5.64. The van der Waals surface area contributed by atoms with Gasteiger partial charge in [-0.3, -0.25) is 0 Å². The lowest BCUT2D eigenvalue weighted by Crippen LogP contribution is -2.44. The molecule has 1 saturated heterocycles. The summed E-state index contributed by atoms with van der Waals surface area (Å²) in [6.45, 7) is 4.14. The van der Waals surface area contributed by atoms with Gasteiger partial charge in [-0.2, -0.15) is 0 Å². The van der Waals surface area contributed by atoms with Crippen molar-refractivity contribution in [1.82, 2.24) is 4.98 Å². The fraction of sp³-hybridized carbons (Fsp3) is 0.500. The van der Waals surface area contributed by atoms with Crippen LogP contribution in [0.1, 0.15) is 6.92 Å². The van der Waals surface area contributed by atoms with E-state index in [1.165, 1.54) is 0 Å². The molecule has 1 fully saturated rings. The van der Waals surface area contributed by atoms with Gasteiger partial charge in [-0.25, -0.2) is 9.37 Å². The van der Waals surface area contributed by atoms with Gasteiger partial charge in [-0.1, -0.05) is 0 Å². The van der Waals surface area contributed by atoms with E-state index in [0.29, 0.717) is 19.0 Å². The molecule has 1 aliphatic heterocycles. The molecule has 0 amide bonds. The summed E-state index contributed by atoms with van der Waals surface area (Å²) in [4.78, 5) is 6.10. The monoisotopic (exact) mass is 211 g/mol. The van der Waals surface area contributed by atoms with Crippen molar-refractivity contribution < 1.29 is 9.13 Å². The molecule has 0 aliphatic carbocycles. The van der Waals surface area contributed by atoms with Gasteiger partial charge in [0.15, 0.2) is 5.82 Å². The van der Waals surface area contributed by atoms with Crippen LogP contribution in [-0.2, 0) is 4.74 Å². The van der Waals surface area contributed by atoms with E-state index in [0.717, 1.165) is 12.7 Å². The van der Waals surface area contributed by atoms with Gasteiger partial charge < -0.3 is 15.4 Å². The van der Waals surface area contributed by atoms with E-state index in [4.69, 9.17) is 10.5 Å². The fourth-order valence-electron chi connectivity index (χ4n) is 1.67. The third kappa shape index (κ3) is 2.02. The maximum atomic E-state index is 12.9. The van der Waals surface area contributed by atoms with Crippen LogP contribution < -0.4 is 10.6 Å². The van der Waals surface area contributed by atoms with Crippen molar-refractivity contribution in [2.75, 3.05) is 30.4 Å². The summed E-state index contributed by atoms with van der Waals surface area (Å²) >= 11 is 0. The Balaban J connectivity index is 2.24. The number of hydrogen-bond donors (Lipinski definition) is 1. The zero-order valence-electron chi connectivity index (χ0n) is 8.61. The Kier molecular flexibility index (Phi) is 2.73. The Morgan fingerprint density at radius 3 is 3.13 bits per heavy atom. The summed E-state index contributed by atoms with van der Waals surface area (Å²) in [7, 11) is 0. The molecule has 0 aromatic carbocycles. The van der Waals surface area contributed by atoms with Crippen molar-refractivity contribution in [3.63, 3.8) is 0 Å². The van der Waals surface area contributed by atoms with Crippen LogP contribution in [0, 0.1) is 5.82 Å². The first kappa shape index (κ1) is 10.2. The molecular weight excluding hydrogens is 197 g/mol. The van der Waals surface area contributed by atoms with Crippen LogP contribution in [0.3, 0.4) is 0 Å². The van der Waals surface area contributed by atoms with E-state index in [-0.39, 0.29) is 11.7 Å². The Morgan fingerprint density at radius 1 is 1.67 bits per heavy atom. The van der Waals surface area contributed by atoms with Gasteiger partial charge in [0.25, 0.3) is 0 Å². The van der Waals surface area contributed by atoms with Crippen molar-refractivity contribution in [3.05, 3.63) is 18.1 Å². The van der Waals surface area contributed by atoms with Gasteiger partial charge in [0.2, 0.25) is 0 Å². The molecule has 4 nitrogen and oxygen atoms in total. The number of morpholine rings is 1. The quantitative estimate of drug-likeness (QED) is 0.753. The molecule has 0 saturated carbocycles. The van der Waals surface area contributed by atoms with Gasteiger partial charge in [0.05, 0.1) is 31.1 Å². The minimum atomic E-state index is -0.473. The molecule has 2 heterocycles. The van der Waals surface area contributed by atoms with E-state index in [2.05, 4.69) is 9.88 Å². The maximum Gasteiger partial charge on any atom is 0.164 e. The number of nitrogen functional groups attached to an aromatic ring is 1. The largest absolute Gasteiger partial charge is 0.396 e. The first-order valence-corrected chi connectivity index (χ1v) is 4.94. The number of nitrogens with zero attached hydrogens (tertiary/aromatic N) is 2. The van der Waals surface area contributed by atoms with E-state index >= 15 is 0 Å². The third-order valence-corrected chi connectivity index (χ3v) is 2.53. The maximum absolute atomic E-state index is 12.9. The molecule has 1 atom stereocenters. The molecule has 1 aromatic heterocycles. The molecule has 1 aromatic rings. The third-order valence-electron chi connectivity index (χ3n) is 2.53. The number of hydrogen-bond acceptors (Lipinski definition) is 4. The zero-order valence-corrected chi connectivity index (χ0v) is 8.61. The van der Waals surface area contributed by atoms with Crippen LogP contribution in [0.25, 0.3) is 0 Å². The molecule has 5 heteroatoms. The van der Waals surface area contributed by atoms with E-state index in [1.807, 2.05) is 6.92 Å². The predicted octanol–water partition coefficient (Wildman–Crippen LogP) is 1.03. The second-order valence-electron chi connectivity index (χ2n) is 3.68. The molecule has 0 unspecified atom stereocenters. The number of halogens is 1. The van der Waals surface area contributed by atoms with Crippen molar-refractivity contribution in [2.24, 2.45) is 0 Å². The van der Waals surface area contributed by atoms with Gasteiger partial charge in [-0.15, -0.1) is 0 Å². The van der Waals surface area contributed by atoms with E-state index < -0.39 is 5.82 Å². The summed E-state index contributed by atoms with van der Waals surface area (Å²) in [5.74, 6) is 0.240. The summed E-state index contributed by atoms with van der Waals surface area (Å²) in [6, 6.07) is 1.81. The van der Waals surface area contributed by atoms with Crippen LogP contribution in [0.2, 0.25) is 0 Å². The van der Waals surface area contributed by atoms with Crippen molar-refractivity contribution in [3.8, 4) is 0 Å². The minimum absolute atomic E-state index is 0.138. The zero-order chi connectivity index (χ0) is 10.8. The standard InChI is InChI=1S/C10H14FN3O/c1-7-6-15-3-2-14(7)10-4-9(12)8(11)5-13-10/h4-5,7H,2-3,6H2,1H3,(H2,12,13)/t7-/m0/s1. The molecule has 0 bridgehead atoms. The smallest absolute Gasteiger partial charge is 0.164 e. The highest BCUT2D eigenvalue weighted by Gasteiger charge is 2.20. The van der Waals surface area contributed by atoms with Crippen LogP contribution in [0.15, 0.2) is 12.3 Å². The molecule has 0 radical (unpaired) electrons. The van der Waals surface area contributed by atoms with Gasteiger partial charge >= 0.3 is 0 Å². The highest BCUT2D eigenvalue weighted by Crippen LogP contribution is 2.20. The average molecular weight is 211 g/mol. The SMILES string of the molecule is C[C@H]1COCCN1c1cc(N)c(F)cn1. The summed E-state index contributed by atoms with van der Waals surface area (Å²) in [5, 5.41) is 0. The lowest BCUT2D eigenvalue weighted by molar-refractivity contribution is 0.0985. The molecule has 2 N–H and O–H groups in total. The number of aromatic nitrogens is 1. The van der Waals surface area contributed by atoms with Gasteiger partial charge in [-0.05, 0) is 6.92 Å². The summed E-state index contributed by atoms with van der Waals surface area (Å²) < 4.78 is 18.2. The number of ether oxygens (including phenoxy) is 1. The molecule has 15 heavy (non-hydrogen) atoms. The molecule has 0 spiro atoms. The average Bonchev–Trinajstić information content (AvgIpc) is 2.23. The normalized spacial score (nSPS) is 21.7. The first-order chi connectivity index (χ1) is 7.18. The molecule has 82 valence electrons. The van der Waals surface area contributed by atoms with Crippen LogP contribution in [0.5, 0.6) is 0 Å². The van der Waals surface area contributed by atoms with E-state index in [1.54, 1.807) is 6.07 Å². The van der Waals surface area contributed by atoms with Crippen LogP contribution in [-0.4, -0.2) is 30.8 Å². The fourth-order valence-corrected chi connectivity index (χ4v) is 1.67. The highest BCUT2D eigenvalue weighted by atomic mass is 19.1. The Morgan fingerprint density at radius 2 is 2.47 bits per heavy atom. The van der Waals surface area contributed by atoms with Crippen LogP contribution in [0.4, 0.5) is 15.9 Å². The van der Waals surface area contributed by atoms with Gasteiger partial charge in [0, 0.05) is 12.6 Å². The number of rotatable bonds is 1. The first-order valence-electron chi connectivity index (χ1n) is 4.94. The predicted molar refractivity (Wildman–Crippen MR) is 56.2 cm³/mol. The molecular formula is C10H14FN3O. The lowest BCUT2D eigenvalue weighted by Gasteiger charge is -2.34. The number of pyridine rings is 1. The lowest BCUT2D eigenvalue weighted by atomic mass is 10.2. The number of nitrogens with two attached hydrogens (primary N) is 1. The highest BCUT2D eigenvalue weighted by molar-refractivity contribution is 5.51. The molecule has 1 aliphatic rings. The van der Waals surface area contributed by atoms with Crippen molar-refractivity contribution in [1.29, 1.82) is 0 Å². The van der Waals surface area contributed by atoms with E-state index in [9.17, 15) is 4.39 Å². The topological polar surface area (TPSA) is 51.4 Å². The Bertz CT molecular complexity index is 359. The van der Waals surface area contributed by atoms with Crippen molar-refractivity contribution >= 4 is 11.5 Å². The Hall–Kier alpha value is -1.36. The molecule has 2 rings (SSSR count). The summed E-state index contributed by atoms with van der Waals surface area (Å²) in [6.07, 6.45) is 1.16.